The van der Waals surface area contributed by atoms with Crippen LogP contribution in [0.5, 0.6) is 0 Å². The van der Waals surface area contributed by atoms with Crippen molar-refractivity contribution >= 4 is 11.1 Å². The van der Waals surface area contributed by atoms with Crippen LogP contribution in [-0.2, 0) is 10.3 Å². The molecular formula is C28H26O. The van der Waals surface area contributed by atoms with Gasteiger partial charge in [0.05, 0.1) is 0 Å². The van der Waals surface area contributed by atoms with E-state index in [9.17, 15) is 0 Å². The van der Waals surface area contributed by atoms with Gasteiger partial charge >= 0.3 is 0 Å². The van der Waals surface area contributed by atoms with Crippen molar-refractivity contribution in [3.05, 3.63) is 119 Å². The average molecular weight is 379 g/mol. The fraction of sp³-hybridized carbons (Fsp3) is 0.214. The van der Waals surface area contributed by atoms with Crippen molar-refractivity contribution in [3.8, 4) is 0 Å². The first-order chi connectivity index (χ1) is 14.4. The van der Waals surface area contributed by atoms with Gasteiger partial charge in [0.15, 0.2) is 0 Å². The largest absolute Gasteiger partial charge is 0.364 e. The van der Waals surface area contributed by atoms with Gasteiger partial charge in [-0.2, -0.15) is 0 Å². The first-order valence-corrected chi connectivity index (χ1v) is 10.6. The van der Waals surface area contributed by atoms with Crippen molar-refractivity contribution in [1.29, 1.82) is 0 Å². The number of ether oxygens (including phenoxy) is 1. The lowest BCUT2D eigenvalue weighted by molar-refractivity contribution is 0.0915. The Hall–Kier alpha value is -2.90. The summed E-state index contributed by atoms with van der Waals surface area (Å²) in [5.74, 6) is 0. The van der Waals surface area contributed by atoms with Crippen molar-refractivity contribution in [2.45, 2.75) is 31.3 Å². The van der Waals surface area contributed by atoms with Crippen LogP contribution in [-0.4, -0.2) is 7.11 Å². The van der Waals surface area contributed by atoms with Crippen LogP contribution in [0.15, 0.2) is 102 Å². The molecule has 0 heterocycles. The Morgan fingerprint density at radius 1 is 0.586 bits per heavy atom. The van der Waals surface area contributed by atoms with Gasteiger partial charge in [-0.25, -0.2) is 0 Å². The third-order valence-electron chi connectivity index (χ3n) is 6.39. The molecule has 0 bridgehead atoms. The maximum atomic E-state index is 6.60. The maximum absolute atomic E-state index is 6.60. The van der Waals surface area contributed by atoms with Crippen molar-refractivity contribution in [3.63, 3.8) is 0 Å². The van der Waals surface area contributed by atoms with Gasteiger partial charge in [0.1, 0.15) is 5.60 Å². The van der Waals surface area contributed by atoms with Crippen molar-refractivity contribution in [2.75, 3.05) is 7.11 Å². The summed E-state index contributed by atoms with van der Waals surface area (Å²) in [6.45, 7) is 0. The molecule has 3 aromatic carbocycles. The Balaban J connectivity index is 1.87. The Labute approximate surface area is 173 Å². The minimum atomic E-state index is -0.584. The van der Waals surface area contributed by atoms with Crippen LogP contribution in [0.4, 0.5) is 0 Å². The molecular weight excluding hydrogens is 352 g/mol. The van der Waals surface area contributed by atoms with E-state index in [4.69, 9.17) is 4.74 Å². The zero-order chi connectivity index (χ0) is 19.7. The predicted molar refractivity (Wildman–Crippen MR) is 120 cm³/mol. The molecule has 144 valence electrons. The molecule has 2 aliphatic carbocycles. The van der Waals surface area contributed by atoms with Gasteiger partial charge in [-0.3, -0.25) is 0 Å². The molecule has 0 radical (unpaired) electrons. The number of hydrogen-bond acceptors (Lipinski definition) is 1. The van der Waals surface area contributed by atoms with Gasteiger partial charge in [-0.15, -0.1) is 0 Å². The van der Waals surface area contributed by atoms with Gasteiger partial charge in [-0.1, -0.05) is 91.0 Å². The molecule has 0 N–H and O–H groups in total. The van der Waals surface area contributed by atoms with E-state index >= 15 is 0 Å². The smallest absolute Gasteiger partial charge is 0.145 e. The predicted octanol–water partition coefficient (Wildman–Crippen LogP) is 7.02. The van der Waals surface area contributed by atoms with Crippen molar-refractivity contribution in [2.24, 2.45) is 0 Å². The third-order valence-corrected chi connectivity index (χ3v) is 6.39. The highest BCUT2D eigenvalue weighted by Gasteiger charge is 2.49. The molecule has 0 aromatic heterocycles. The molecule has 0 atom stereocenters. The van der Waals surface area contributed by atoms with E-state index in [1.54, 1.807) is 0 Å². The Morgan fingerprint density at radius 3 is 1.41 bits per heavy atom. The van der Waals surface area contributed by atoms with Crippen LogP contribution in [0.1, 0.15) is 42.4 Å². The van der Waals surface area contributed by atoms with Crippen LogP contribution >= 0.6 is 0 Å². The summed E-state index contributed by atoms with van der Waals surface area (Å²) in [5.41, 5.74) is 8.80. The molecule has 1 nitrogen and oxygen atoms in total. The molecule has 3 aromatic rings. The minimum Gasteiger partial charge on any atom is -0.364 e. The molecule has 1 saturated carbocycles. The number of rotatable bonds is 4. The second-order valence-corrected chi connectivity index (χ2v) is 7.90. The minimum absolute atomic E-state index is 0.584. The Morgan fingerprint density at radius 2 is 1.00 bits per heavy atom. The summed E-state index contributed by atoms with van der Waals surface area (Å²) < 4.78 is 6.60. The van der Waals surface area contributed by atoms with Gasteiger partial charge in [0.25, 0.3) is 0 Å². The molecule has 2 aliphatic rings. The normalized spacial score (nSPS) is 18.1. The van der Waals surface area contributed by atoms with Gasteiger partial charge in [-0.05, 0) is 53.5 Å². The summed E-state index contributed by atoms with van der Waals surface area (Å²) in [5, 5.41) is 0. The topological polar surface area (TPSA) is 9.23 Å². The lowest BCUT2D eigenvalue weighted by atomic mass is 9.76. The fourth-order valence-electron chi connectivity index (χ4n) is 5.26. The molecule has 0 unspecified atom stereocenters. The second kappa shape index (κ2) is 7.50. The van der Waals surface area contributed by atoms with Gasteiger partial charge in [0, 0.05) is 18.3 Å². The van der Waals surface area contributed by atoms with E-state index in [2.05, 4.69) is 91.0 Å². The van der Waals surface area contributed by atoms with E-state index in [1.807, 2.05) is 7.11 Å². The highest BCUT2D eigenvalue weighted by atomic mass is 16.5. The quantitative estimate of drug-likeness (QED) is 0.474. The second-order valence-electron chi connectivity index (χ2n) is 7.90. The highest BCUT2D eigenvalue weighted by Crippen LogP contribution is 2.60. The summed E-state index contributed by atoms with van der Waals surface area (Å²) in [6, 6.07) is 32.4. The van der Waals surface area contributed by atoms with Crippen LogP contribution in [0.3, 0.4) is 0 Å². The number of allylic oxidation sites excluding steroid dienone is 2. The Bertz CT molecular complexity index is 994. The molecule has 0 amide bonds. The van der Waals surface area contributed by atoms with E-state index in [-0.39, 0.29) is 0 Å². The first-order valence-electron chi connectivity index (χ1n) is 10.6. The molecule has 29 heavy (non-hydrogen) atoms. The third kappa shape index (κ3) is 2.81. The number of fused-ring (bicyclic) bond motifs is 1. The summed E-state index contributed by atoms with van der Waals surface area (Å²) in [7, 11) is 1.87. The maximum Gasteiger partial charge on any atom is 0.145 e. The van der Waals surface area contributed by atoms with Crippen LogP contribution in [0, 0.1) is 0 Å². The molecule has 1 fully saturated rings. The average Bonchev–Trinajstić information content (AvgIpc) is 3.12. The lowest BCUT2D eigenvalue weighted by Gasteiger charge is -2.36. The zero-order valence-corrected chi connectivity index (χ0v) is 16.9. The molecule has 1 heteroatoms. The fourth-order valence-corrected chi connectivity index (χ4v) is 5.26. The lowest BCUT2D eigenvalue weighted by Crippen LogP contribution is -2.30. The standard InChI is InChI=1S/C28H26O/c1-29-28(23-17-9-4-10-18-23)26(21-13-5-2-6-14-21)24-19-11-12-20-25(24)27(28)22-15-7-3-8-16-22/h2-10,13-18H,11-12,19-20H2,1H3. The van der Waals surface area contributed by atoms with Gasteiger partial charge < -0.3 is 4.74 Å². The number of hydrogen-bond donors (Lipinski definition) is 0. The monoisotopic (exact) mass is 378 g/mol. The molecule has 0 spiro atoms. The SMILES string of the molecule is COC1(c2ccccc2)C(c2ccccc2)=C2CCCCC2=C1c1ccccc1. The highest BCUT2D eigenvalue weighted by molar-refractivity contribution is 6.01. The molecule has 0 saturated heterocycles. The summed E-state index contributed by atoms with van der Waals surface area (Å²) >= 11 is 0. The van der Waals surface area contributed by atoms with E-state index < -0.39 is 5.60 Å². The van der Waals surface area contributed by atoms with E-state index in [0.29, 0.717) is 0 Å². The Kier molecular flexibility index (Phi) is 4.69. The number of methoxy groups -OCH3 is 1. The van der Waals surface area contributed by atoms with Crippen LogP contribution in [0.25, 0.3) is 11.1 Å². The summed E-state index contributed by atoms with van der Waals surface area (Å²) in [4.78, 5) is 0. The van der Waals surface area contributed by atoms with E-state index in [0.717, 1.165) is 12.8 Å². The first kappa shape index (κ1) is 18.1. The van der Waals surface area contributed by atoms with Crippen LogP contribution < -0.4 is 0 Å². The zero-order valence-electron chi connectivity index (χ0n) is 16.9. The molecule has 0 aliphatic heterocycles. The van der Waals surface area contributed by atoms with Gasteiger partial charge in [0.2, 0.25) is 0 Å². The summed E-state index contributed by atoms with van der Waals surface area (Å²) in [6.07, 6.45) is 4.72. The van der Waals surface area contributed by atoms with Crippen molar-refractivity contribution < 1.29 is 4.74 Å². The van der Waals surface area contributed by atoms with Crippen LogP contribution in [0.2, 0.25) is 0 Å². The molecule has 5 rings (SSSR count). The number of benzene rings is 3. The van der Waals surface area contributed by atoms with Crippen molar-refractivity contribution in [1.82, 2.24) is 0 Å². The van der Waals surface area contributed by atoms with E-state index in [1.165, 1.54) is 51.8 Å².